The van der Waals surface area contributed by atoms with Crippen LogP contribution >= 0.6 is 11.3 Å². The summed E-state index contributed by atoms with van der Waals surface area (Å²) in [5.74, 6) is -0.812. The number of thiophene rings is 1. The summed E-state index contributed by atoms with van der Waals surface area (Å²) in [5, 5.41) is 10.6. The Morgan fingerprint density at radius 2 is 2.46 bits per heavy atom. The van der Waals surface area contributed by atoms with Crippen molar-refractivity contribution in [2.75, 3.05) is 0 Å². The van der Waals surface area contributed by atoms with Crippen molar-refractivity contribution in [1.29, 1.82) is 0 Å². The van der Waals surface area contributed by atoms with Crippen LogP contribution in [0.4, 0.5) is 0 Å². The molecule has 3 nitrogen and oxygen atoms in total. The number of hydrogen-bond donors (Lipinski definition) is 2. The minimum atomic E-state index is -0.812. The van der Waals surface area contributed by atoms with Crippen LogP contribution in [0.25, 0.3) is 0 Å². The Hall–Kier alpha value is -0.870. The molecule has 0 spiro atoms. The van der Waals surface area contributed by atoms with Gasteiger partial charge in [0.2, 0.25) is 0 Å². The molecular weight excluding hydrogens is 186 g/mol. The lowest BCUT2D eigenvalue weighted by atomic mass is 9.93. The first-order valence-electron chi connectivity index (χ1n) is 4.26. The van der Waals surface area contributed by atoms with Crippen molar-refractivity contribution in [1.82, 2.24) is 0 Å². The van der Waals surface area contributed by atoms with Gasteiger partial charge in [-0.25, -0.2) is 4.79 Å². The van der Waals surface area contributed by atoms with Gasteiger partial charge in [-0.15, -0.1) is 11.3 Å². The van der Waals surface area contributed by atoms with Gasteiger partial charge < -0.3 is 10.8 Å². The molecule has 1 heterocycles. The van der Waals surface area contributed by atoms with Gasteiger partial charge >= 0.3 is 5.97 Å². The second-order valence-electron chi connectivity index (χ2n) is 3.36. The maximum absolute atomic E-state index is 10.8. The second-order valence-corrected chi connectivity index (χ2v) is 4.32. The van der Waals surface area contributed by atoms with Crippen LogP contribution < -0.4 is 5.73 Å². The second kappa shape index (κ2) is 3.12. The van der Waals surface area contributed by atoms with Gasteiger partial charge in [-0.05, 0) is 24.8 Å². The molecule has 3 N–H and O–H groups in total. The Bertz CT molecular complexity index is 345. The molecule has 0 amide bonds. The summed E-state index contributed by atoms with van der Waals surface area (Å²) in [4.78, 5) is 12.0. The monoisotopic (exact) mass is 197 g/mol. The van der Waals surface area contributed by atoms with Gasteiger partial charge in [0.15, 0.2) is 0 Å². The number of rotatable bonds is 1. The van der Waals surface area contributed by atoms with Crippen LogP contribution in [0.3, 0.4) is 0 Å². The van der Waals surface area contributed by atoms with Crippen molar-refractivity contribution in [2.45, 2.75) is 25.3 Å². The molecule has 1 aliphatic rings. The number of nitrogens with two attached hydrogens (primary N) is 1. The van der Waals surface area contributed by atoms with Crippen LogP contribution in [-0.4, -0.2) is 17.1 Å². The molecule has 0 fully saturated rings. The van der Waals surface area contributed by atoms with E-state index in [2.05, 4.69) is 0 Å². The Morgan fingerprint density at radius 1 is 1.69 bits per heavy atom. The Morgan fingerprint density at radius 3 is 3.15 bits per heavy atom. The van der Waals surface area contributed by atoms with Crippen molar-refractivity contribution < 1.29 is 9.90 Å². The highest BCUT2D eigenvalue weighted by molar-refractivity contribution is 7.10. The van der Waals surface area contributed by atoms with Gasteiger partial charge in [-0.3, -0.25) is 0 Å². The molecule has 0 saturated heterocycles. The van der Waals surface area contributed by atoms with Crippen molar-refractivity contribution >= 4 is 17.3 Å². The summed E-state index contributed by atoms with van der Waals surface area (Å²) >= 11 is 1.52. The van der Waals surface area contributed by atoms with E-state index < -0.39 is 5.97 Å². The highest BCUT2D eigenvalue weighted by Gasteiger charge is 2.22. The number of hydrogen-bond acceptors (Lipinski definition) is 3. The van der Waals surface area contributed by atoms with Crippen LogP contribution in [0.15, 0.2) is 5.38 Å². The average molecular weight is 197 g/mol. The molecule has 1 atom stereocenters. The van der Waals surface area contributed by atoms with Crippen molar-refractivity contribution in [3.05, 3.63) is 21.4 Å². The maximum Gasteiger partial charge on any atom is 0.336 e. The van der Waals surface area contributed by atoms with Gasteiger partial charge in [0, 0.05) is 16.3 Å². The first-order valence-corrected chi connectivity index (χ1v) is 5.14. The molecule has 0 radical (unpaired) electrons. The van der Waals surface area contributed by atoms with E-state index >= 15 is 0 Å². The quantitative estimate of drug-likeness (QED) is 0.712. The fraction of sp³-hybridized carbons (Fsp3) is 0.444. The first kappa shape index (κ1) is 8.72. The fourth-order valence-corrected chi connectivity index (χ4v) is 2.89. The van der Waals surface area contributed by atoms with Crippen LogP contribution in [-0.2, 0) is 12.8 Å². The van der Waals surface area contributed by atoms with Crippen LogP contribution in [0.1, 0.15) is 27.2 Å². The molecule has 70 valence electrons. The van der Waals surface area contributed by atoms with E-state index in [0.717, 1.165) is 29.7 Å². The van der Waals surface area contributed by atoms with Crippen LogP contribution in [0.2, 0.25) is 0 Å². The highest BCUT2D eigenvalue weighted by Crippen LogP contribution is 2.29. The first-order chi connectivity index (χ1) is 6.18. The van der Waals surface area contributed by atoms with Crippen molar-refractivity contribution in [3.8, 4) is 0 Å². The maximum atomic E-state index is 10.8. The molecule has 1 unspecified atom stereocenters. The summed E-state index contributed by atoms with van der Waals surface area (Å²) in [5.41, 5.74) is 7.29. The van der Waals surface area contributed by atoms with E-state index in [4.69, 9.17) is 10.8 Å². The number of aromatic carboxylic acids is 1. The fourth-order valence-electron chi connectivity index (χ4n) is 1.72. The number of fused-ring (bicyclic) bond motifs is 1. The lowest BCUT2D eigenvalue weighted by Crippen LogP contribution is -2.27. The topological polar surface area (TPSA) is 63.3 Å². The Kier molecular flexibility index (Phi) is 2.09. The van der Waals surface area contributed by atoms with E-state index in [1.165, 1.54) is 11.3 Å². The Labute approximate surface area is 80.2 Å². The molecule has 0 saturated carbocycles. The third-order valence-corrected chi connectivity index (χ3v) is 3.48. The van der Waals surface area contributed by atoms with Gasteiger partial charge in [0.25, 0.3) is 0 Å². The summed E-state index contributed by atoms with van der Waals surface area (Å²) < 4.78 is 0. The van der Waals surface area contributed by atoms with E-state index in [1.807, 2.05) is 0 Å². The molecule has 1 aromatic heterocycles. The summed E-state index contributed by atoms with van der Waals surface area (Å²) in [6.07, 6.45) is 2.57. The highest BCUT2D eigenvalue weighted by atomic mass is 32.1. The zero-order chi connectivity index (χ0) is 9.42. The lowest BCUT2D eigenvalue weighted by molar-refractivity contribution is 0.0696. The predicted octanol–water partition coefficient (Wildman–Crippen LogP) is 1.26. The van der Waals surface area contributed by atoms with Crippen LogP contribution in [0.5, 0.6) is 0 Å². The lowest BCUT2D eigenvalue weighted by Gasteiger charge is -2.18. The number of carboxylic acid groups (broad SMARTS) is 1. The number of carbonyl (C=O) groups is 1. The van der Waals surface area contributed by atoms with Gasteiger partial charge in [0.05, 0.1) is 5.56 Å². The van der Waals surface area contributed by atoms with Gasteiger partial charge in [-0.2, -0.15) is 0 Å². The molecule has 0 aromatic carbocycles. The predicted molar refractivity (Wildman–Crippen MR) is 51.3 cm³/mol. The zero-order valence-electron chi connectivity index (χ0n) is 7.12. The molecule has 1 aromatic rings. The largest absolute Gasteiger partial charge is 0.478 e. The minimum absolute atomic E-state index is 0.216. The molecule has 1 aliphatic carbocycles. The molecule has 13 heavy (non-hydrogen) atoms. The molecule has 4 heteroatoms. The van der Waals surface area contributed by atoms with Crippen molar-refractivity contribution in [3.63, 3.8) is 0 Å². The summed E-state index contributed by atoms with van der Waals surface area (Å²) in [6.45, 7) is 0. The summed E-state index contributed by atoms with van der Waals surface area (Å²) in [6, 6.07) is 0.216. The van der Waals surface area contributed by atoms with E-state index in [-0.39, 0.29) is 6.04 Å². The van der Waals surface area contributed by atoms with Crippen LogP contribution in [0, 0.1) is 0 Å². The number of carboxylic acids is 1. The zero-order valence-corrected chi connectivity index (χ0v) is 7.93. The van der Waals surface area contributed by atoms with Crippen molar-refractivity contribution in [2.24, 2.45) is 5.73 Å². The smallest absolute Gasteiger partial charge is 0.336 e. The van der Waals surface area contributed by atoms with Gasteiger partial charge in [0.1, 0.15) is 0 Å². The third-order valence-electron chi connectivity index (χ3n) is 2.42. The average Bonchev–Trinajstić information content (AvgIpc) is 2.46. The Balaban J connectivity index is 2.39. The molecule has 0 bridgehead atoms. The summed E-state index contributed by atoms with van der Waals surface area (Å²) in [7, 11) is 0. The molecular formula is C9H11NO2S. The minimum Gasteiger partial charge on any atom is -0.478 e. The van der Waals surface area contributed by atoms with E-state index in [0.29, 0.717) is 5.56 Å². The van der Waals surface area contributed by atoms with Gasteiger partial charge in [-0.1, -0.05) is 0 Å². The van der Waals surface area contributed by atoms with E-state index in [9.17, 15) is 4.79 Å². The third kappa shape index (κ3) is 1.47. The van der Waals surface area contributed by atoms with E-state index in [1.54, 1.807) is 5.38 Å². The molecule has 0 aliphatic heterocycles. The normalized spacial score (nSPS) is 21.2. The molecule has 2 rings (SSSR count). The SMILES string of the molecule is NC1CCc2c(C(=O)O)csc2C1. The standard InChI is InChI=1S/C9H11NO2S/c10-5-1-2-6-7(9(11)12)4-13-8(6)3-5/h4-5H,1-3,10H2,(H,11,12).